The molecule has 0 radical (unpaired) electrons. The van der Waals surface area contributed by atoms with Gasteiger partial charge in [0.15, 0.2) is 6.61 Å². The van der Waals surface area contributed by atoms with Crippen molar-refractivity contribution in [3.8, 4) is 5.75 Å². The molecule has 4 rings (SSSR count). The van der Waals surface area contributed by atoms with Gasteiger partial charge in [0.2, 0.25) is 0 Å². The molecule has 5 heteroatoms. The van der Waals surface area contributed by atoms with Crippen molar-refractivity contribution in [3.05, 3.63) is 41.5 Å². The number of carbonyl (C=O) groups is 1. The number of unbranched alkanes of at least 4 members (excludes halogenated alkanes) is 2. The molecule has 0 saturated heterocycles. The first-order valence-electron chi connectivity index (χ1n) is 12.5. The van der Waals surface area contributed by atoms with E-state index in [2.05, 4.69) is 19.1 Å². The summed E-state index contributed by atoms with van der Waals surface area (Å²) in [6.45, 7) is 2.62. The zero-order valence-electron chi connectivity index (χ0n) is 19.2. The van der Waals surface area contributed by atoms with Crippen molar-refractivity contribution in [1.29, 1.82) is 0 Å². The highest BCUT2D eigenvalue weighted by Crippen LogP contribution is 2.47. The Labute approximate surface area is 191 Å². The summed E-state index contributed by atoms with van der Waals surface area (Å²) >= 11 is 0. The predicted molar refractivity (Wildman–Crippen MR) is 123 cm³/mol. The summed E-state index contributed by atoms with van der Waals surface area (Å²) in [5.41, 5.74) is 2.41. The number of hydrogen-bond donors (Lipinski definition) is 2. The molecule has 0 bridgehead atoms. The van der Waals surface area contributed by atoms with Crippen LogP contribution in [0.1, 0.15) is 63.0 Å². The van der Waals surface area contributed by atoms with Crippen molar-refractivity contribution in [3.63, 3.8) is 0 Å². The fourth-order valence-corrected chi connectivity index (χ4v) is 5.37. The van der Waals surface area contributed by atoms with Crippen LogP contribution in [0, 0.1) is 23.7 Å². The normalized spacial score (nSPS) is 27.7. The molecule has 176 valence electrons. The quantitative estimate of drug-likeness (QED) is 0.305. The number of ether oxygens (including phenoxy) is 2. The Morgan fingerprint density at radius 1 is 1.25 bits per heavy atom. The molecule has 2 fully saturated rings. The van der Waals surface area contributed by atoms with Gasteiger partial charge in [0.05, 0.1) is 18.8 Å². The smallest absolute Gasteiger partial charge is 0.344 e. The van der Waals surface area contributed by atoms with Gasteiger partial charge in [0.25, 0.3) is 0 Å². The third kappa shape index (κ3) is 5.93. The van der Waals surface area contributed by atoms with Gasteiger partial charge in [0, 0.05) is 5.92 Å². The predicted octanol–water partition coefficient (Wildman–Crippen LogP) is 4.23. The van der Waals surface area contributed by atoms with Gasteiger partial charge in [-0.1, -0.05) is 50.5 Å². The maximum Gasteiger partial charge on any atom is 0.344 e. The topological polar surface area (TPSA) is 76.0 Å². The van der Waals surface area contributed by atoms with Gasteiger partial charge in [-0.05, 0) is 73.5 Å². The van der Waals surface area contributed by atoms with Crippen LogP contribution in [0.15, 0.2) is 30.4 Å². The molecule has 0 spiro atoms. The van der Waals surface area contributed by atoms with E-state index in [1.807, 2.05) is 18.2 Å². The highest BCUT2D eigenvalue weighted by molar-refractivity contribution is 5.71. The van der Waals surface area contributed by atoms with Gasteiger partial charge in [-0.2, -0.15) is 0 Å². The molecule has 3 aliphatic carbocycles. The molecule has 5 atom stereocenters. The summed E-state index contributed by atoms with van der Waals surface area (Å²) in [4.78, 5) is 12.0. The number of benzene rings is 1. The van der Waals surface area contributed by atoms with Crippen LogP contribution in [0.2, 0.25) is 0 Å². The van der Waals surface area contributed by atoms with E-state index in [1.165, 1.54) is 11.1 Å². The van der Waals surface area contributed by atoms with Crippen molar-refractivity contribution < 1.29 is 24.5 Å². The Bertz CT molecular complexity index is 799. The van der Waals surface area contributed by atoms with Crippen LogP contribution in [-0.2, 0) is 22.4 Å². The first kappa shape index (κ1) is 23.3. The van der Waals surface area contributed by atoms with Gasteiger partial charge < -0.3 is 19.7 Å². The largest absolute Gasteiger partial charge is 0.482 e. The number of aliphatic hydroxyl groups is 2. The van der Waals surface area contributed by atoms with Gasteiger partial charge in [-0.25, -0.2) is 4.79 Å². The second kappa shape index (κ2) is 10.8. The number of rotatable bonds is 11. The molecule has 5 nitrogen and oxygen atoms in total. The minimum atomic E-state index is -0.427. The molecule has 0 aromatic heterocycles. The lowest BCUT2D eigenvalue weighted by molar-refractivity contribution is -0.146. The molecule has 2 N–H and O–H groups in total. The fraction of sp³-hybridized carbons (Fsp3) is 0.667. The number of esters is 1. The lowest BCUT2D eigenvalue weighted by Crippen LogP contribution is -2.26. The van der Waals surface area contributed by atoms with Gasteiger partial charge in [0.1, 0.15) is 5.75 Å². The molecule has 0 aliphatic heterocycles. The summed E-state index contributed by atoms with van der Waals surface area (Å²) < 4.78 is 11.1. The fourth-order valence-electron chi connectivity index (χ4n) is 5.37. The minimum Gasteiger partial charge on any atom is -0.482 e. The van der Waals surface area contributed by atoms with Crippen molar-refractivity contribution in [2.75, 3.05) is 13.2 Å². The Balaban J connectivity index is 1.36. The number of aliphatic hydroxyl groups excluding tert-OH is 2. The molecule has 0 amide bonds. The molecule has 1 aromatic rings. The van der Waals surface area contributed by atoms with E-state index in [9.17, 15) is 15.0 Å². The van der Waals surface area contributed by atoms with E-state index in [-0.39, 0.29) is 24.6 Å². The Morgan fingerprint density at radius 3 is 2.88 bits per heavy atom. The van der Waals surface area contributed by atoms with E-state index in [4.69, 9.17) is 9.47 Å². The summed E-state index contributed by atoms with van der Waals surface area (Å²) in [6, 6.07) is 6.05. The SMILES string of the molecule is CCCCC[C@@H](O)/C=C/[C@@H]1[C@H]2Cc3cccc(OCC(=O)OCC4CC4)c3C[C@H]2C[C@H]1O. The van der Waals surface area contributed by atoms with E-state index in [0.29, 0.717) is 24.4 Å². The molecule has 3 aliphatic rings. The van der Waals surface area contributed by atoms with Crippen LogP contribution in [-0.4, -0.2) is 41.6 Å². The maximum absolute atomic E-state index is 12.0. The van der Waals surface area contributed by atoms with E-state index in [1.54, 1.807) is 0 Å². The van der Waals surface area contributed by atoms with Crippen LogP contribution in [0.3, 0.4) is 0 Å². The summed E-state index contributed by atoms with van der Waals surface area (Å²) in [5, 5.41) is 21.0. The summed E-state index contributed by atoms with van der Waals surface area (Å²) in [5.74, 6) is 1.85. The number of hydrogen-bond acceptors (Lipinski definition) is 5. The van der Waals surface area contributed by atoms with Crippen LogP contribution in [0.4, 0.5) is 0 Å². The maximum atomic E-state index is 12.0. The Morgan fingerprint density at radius 2 is 2.09 bits per heavy atom. The van der Waals surface area contributed by atoms with Gasteiger partial charge in [-0.3, -0.25) is 0 Å². The van der Waals surface area contributed by atoms with Crippen molar-refractivity contribution in [1.82, 2.24) is 0 Å². The zero-order valence-corrected chi connectivity index (χ0v) is 19.2. The van der Waals surface area contributed by atoms with E-state index >= 15 is 0 Å². The average molecular weight is 443 g/mol. The third-order valence-electron chi connectivity index (χ3n) is 7.42. The molecule has 0 unspecified atom stereocenters. The number of carbonyl (C=O) groups excluding carboxylic acids is 1. The van der Waals surface area contributed by atoms with Gasteiger partial charge >= 0.3 is 5.97 Å². The first-order chi connectivity index (χ1) is 15.5. The Hall–Kier alpha value is -1.85. The summed E-state index contributed by atoms with van der Waals surface area (Å²) in [6.07, 6.45) is 12.1. The van der Waals surface area contributed by atoms with Crippen molar-refractivity contribution in [2.45, 2.75) is 76.9 Å². The van der Waals surface area contributed by atoms with Crippen LogP contribution in [0.5, 0.6) is 5.75 Å². The molecule has 0 heterocycles. The van der Waals surface area contributed by atoms with E-state index < -0.39 is 6.10 Å². The first-order valence-corrected chi connectivity index (χ1v) is 12.5. The monoisotopic (exact) mass is 442 g/mol. The number of fused-ring (bicyclic) bond motifs is 2. The standard InChI is InChI=1S/C27H38O5/c1-2-3-4-7-21(28)11-12-22-23-13-19-6-5-8-26(24(19)14-20(23)15-25(22)29)31-17-27(30)32-16-18-9-10-18/h5-6,8,11-12,18,20-23,25,28-29H,2-4,7,9-10,13-17H2,1H3/b12-11+/t20-,21+,22+,23-,25+/m0/s1. The van der Waals surface area contributed by atoms with Crippen molar-refractivity contribution >= 4 is 5.97 Å². The minimum absolute atomic E-state index is 0.0544. The third-order valence-corrected chi connectivity index (χ3v) is 7.42. The van der Waals surface area contributed by atoms with Crippen LogP contribution < -0.4 is 4.74 Å². The molecule has 32 heavy (non-hydrogen) atoms. The second-order valence-corrected chi connectivity index (χ2v) is 9.97. The molecular formula is C27H38O5. The highest BCUT2D eigenvalue weighted by atomic mass is 16.6. The average Bonchev–Trinajstić information content (AvgIpc) is 3.56. The van der Waals surface area contributed by atoms with Crippen LogP contribution in [0.25, 0.3) is 0 Å². The van der Waals surface area contributed by atoms with Crippen LogP contribution >= 0.6 is 0 Å². The molecule has 1 aromatic carbocycles. The lowest BCUT2D eigenvalue weighted by Gasteiger charge is -2.31. The molecule has 2 saturated carbocycles. The molecular weight excluding hydrogens is 404 g/mol. The second-order valence-electron chi connectivity index (χ2n) is 9.97. The Kier molecular flexibility index (Phi) is 7.90. The van der Waals surface area contributed by atoms with Crippen molar-refractivity contribution in [2.24, 2.45) is 23.7 Å². The highest BCUT2D eigenvalue weighted by Gasteiger charge is 2.44. The zero-order chi connectivity index (χ0) is 22.5. The summed E-state index contributed by atoms with van der Waals surface area (Å²) in [7, 11) is 0. The van der Waals surface area contributed by atoms with E-state index in [0.717, 1.165) is 63.5 Å². The van der Waals surface area contributed by atoms with Gasteiger partial charge in [-0.15, -0.1) is 0 Å². The lowest BCUT2D eigenvalue weighted by atomic mass is 9.74.